The zero-order valence-electron chi connectivity index (χ0n) is 7.69. The Morgan fingerprint density at radius 2 is 1.87 bits per heavy atom. The van der Waals surface area contributed by atoms with Gasteiger partial charge in [-0.15, -0.1) is 0 Å². The second-order valence-electron chi connectivity index (χ2n) is 3.04. The molecule has 0 aliphatic rings. The Labute approximate surface area is 84.6 Å². The molecule has 2 rings (SSSR count). The van der Waals surface area contributed by atoms with E-state index in [-0.39, 0.29) is 12.3 Å². The number of benzene rings is 1. The lowest BCUT2D eigenvalue weighted by atomic mass is 10.3. The molecule has 78 valence electrons. The molecule has 0 aliphatic heterocycles. The first-order valence-electron chi connectivity index (χ1n) is 4.31. The fourth-order valence-corrected chi connectivity index (χ4v) is 1.26. The average molecular weight is 210 g/mol. The average Bonchev–Trinajstić information content (AvgIpc) is 2.64. The maximum Gasteiger partial charge on any atom is 0.128 e. The highest BCUT2D eigenvalue weighted by atomic mass is 19.1. The summed E-state index contributed by atoms with van der Waals surface area (Å²) in [5.41, 5.74) is 0.729. The van der Waals surface area contributed by atoms with Crippen LogP contribution in [-0.2, 0) is 6.61 Å². The van der Waals surface area contributed by atoms with E-state index in [0.717, 1.165) is 18.2 Å². The molecular weight excluding hydrogens is 202 g/mol. The molecule has 0 bridgehead atoms. The Morgan fingerprint density at radius 3 is 2.40 bits per heavy atom. The summed E-state index contributed by atoms with van der Waals surface area (Å²) in [6.45, 7) is -0.204. The molecule has 5 heteroatoms. The third kappa shape index (κ3) is 2.02. The first-order valence-corrected chi connectivity index (χ1v) is 4.31. The molecule has 0 radical (unpaired) electrons. The zero-order chi connectivity index (χ0) is 10.8. The van der Waals surface area contributed by atoms with Gasteiger partial charge in [0.15, 0.2) is 0 Å². The van der Waals surface area contributed by atoms with Crippen LogP contribution < -0.4 is 0 Å². The topological polar surface area (TPSA) is 38.0 Å². The number of halogens is 2. The van der Waals surface area contributed by atoms with E-state index >= 15 is 0 Å². The lowest BCUT2D eigenvalue weighted by Gasteiger charge is -2.01. The number of nitrogens with zero attached hydrogens (tertiary/aromatic N) is 2. The van der Waals surface area contributed by atoms with Crippen molar-refractivity contribution >= 4 is 0 Å². The van der Waals surface area contributed by atoms with Gasteiger partial charge in [0.25, 0.3) is 0 Å². The van der Waals surface area contributed by atoms with Crippen LogP contribution in [0.5, 0.6) is 0 Å². The third-order valence-electron chi connectivity index (χ3n) is 1.92. The molecule has 0 saturated carbocycles. The fourth-order valence-electron chi connectivity index (χ4n) is 1.26. The van der Waals surface area contributed by atoms with Crippen LogP contribution in [0.4, 0.5) is 8.78 Å². The van der Waals surface area contributed by atoms with E-state index in [1.54, 1.807) is 6.07 Å². The maximum absolute atomic E-state index is 12.9. The quantitative estimate of drug-likeness (QED) is 0.818. The highest BCUT2D eigenvalue weighted by molar-refractivity contribution is 5.32. The Bertz CT molecular complexity index is 462. The van der Waals surface area contributed by atoms with Crippen LogP contribution in [0.1, 0.15) is 5.69 Å². The molecule has 2 aromatic rings. The van der Waals surface area contributed by atoms with Crippen molar-refractivity contribution < 1.29 is 13.9 Å². The number of aliphatic hydroxyl groups excluding tert-OH is 1. The first-order chi connectivity index (χ1) is 7.19. The van der Waals surface area contributed by atoms with Crippen molar-refractivity contribution in [1.82, 2.24) is 9.78 Å². The van der Waals surface area contributed by atoms with Crippen molar-refractivity contribution in [1.29, 1.82) is 0 Å². The summed E-state index contributed by atoms with van der Waals surface area (Å²) in [7, 11) is 0. The van der Waals surface area contributed by atoms with E-state index in [1.165, 1.54) is 10.9 Å². The summed E-state index contributed by atoms with van der Waals surface area (Å²) in [5, 5.41) is 12.7. The minimum atomic E-state index is -0.661. The monoisotopic (exact) mass is 210 g/mol. The van der Waals surface area contributed by atoms with Gasteiger partial charge in [0.05, 0.1) is 18.0 Å². The molecule has 0 amide bonds. The zero-order valence-corrected chi connectivity index (χ0v) is 7.69. The molecule has 0 saturated heterocycles. The predicted octanol–water partition coefficient (Wildman–Crippen LogP) is 1.64. The Balaban J connectivity index is 2.44. The van der Waals surface area contributed by atoms with E-state index in [0.29, 0.717) is 5.69 Å². The summed E-state index contributed by atoms with van der Waals surface area (Å²) < 4.78 is 27.0. The summed E-state index contributed by atoms with van der Waals surface area (Å²) >= 11 is 0. The van der Waals surface area contributed by atoms with Gasteiger partial charge in [-0.25, -0.2) is 13.5 Å². The second kappa shape index (κ2) is 3.78. The summed E-state index contributed by atoms with van der Waals surface area (Å²) in [6.07, 6.45) is 1.53. The predicted molar refractivity (Wildman–Crippen MR) is 49.4 cm³/mol. The smallest absolute Gasteiger partial charge is 0.128 e. The minimum Gasteiger partial charge on any atom is -0.390 e. The molecule has 0 spiro atoms. The number of aliphatic hydroxyl groups is 1. The van der Waals surface area contributed by atoms with Crippen molar-refractivity contribution in [3.05, 3.63) is 47.8 Å². The normalized spacial score (nSPS) is 10.6. The van der Waals surface area contributed by atoms with Gasteiger partial charge in [-0.05, 0) is 18.2 Å². The summed E-state index contributed by atoms with van der Waals surface area (Å²) in [6, 6.07) is 4.69. The fraction of sp³-hybridized carbons (Fsp3) is 0.100. The van der Waals surface area contributed by atoms with Gasteiger partial charge in [-0.2, -0.15) is 5.10 Å². The van der Waals surface area contributed by atoms with Crippen LogP contribution in [0, 0.1) is 11.6 Å². The molecule has 3 nitrogen and oxygen atoms in total. The number of aromatic nitrogens is 2. The van der Waals surface area contributed by atoms with Crippen LogP contribution in [-0.4, -0.2) is 14.9 Å². The van der Waals surface area contributed by atoms with Crippen LogP contribution in [0.25, 0.3) is 5.69 Å². The second-order valence-corrected chi connectivity index (χ2v) is 3.04. The molecule has 0 aliphatic carbocycles. The summed E-state index contributed by atoms with van der Waals surface area (Å²) in [5.74, 6) is -1.32. The molecule has 0 unspecified atom stereocenters. The molecule has 0 atom stereocenters. The summed E-state index contributed by atoms with van der Waals surface area (Å²) in [4.78, 5) is 0. The van der Waals surface area contributed by atoms with Crippen molar-refractivity contribution in [2.75, 3.05) is 0 Å². The molecular formula is C10H8F2N2O. The number of hydrogen-bond donors (Lipinski definition) is 1. The van der Waals surface area contributed by atoms with Crippen molar-refractivity contribution in [2.24, 2.45) is 0 Å². The Hall–Kier alpha value is -1.75. The van der Waals surface area contributed by atoms with Crippen LogP contribution in [0.3, 0.4) is 0 Å². The van der Waals surface area contributed by atoms with Gasteiger partial charge in [-0.1, -0.05) is 0 Å². The number of rotatable bonds is 2. The highest BCUT2D eigenvalue weighted by Gasteiger charge is 2.04. The SMILES string of the molecule is OCc1ccn(-c2cc(F)cc(F)c2)n1. The van der Waals surface area contributed by atoms with E-state index in [1.807, 2.05) is 0 Å². The first kappa shape index (κ1) is 9.79. The number of hydrogen-bond acceptors (Lipinski definition) is 2. The van der Waals surface area contributed by atoms with Gasteiger partial charge >= 0.3 is 0 Å². The van der Waals surface area contributed by atoms with E-state index in [4.69, 9.17) is 5.11 Å². The van der Waals surface area contributed by atoms with Crippen molar-refractivity contribution in [3.8, 4) is 5.69 Å². The van der Waals surface area contributed by atoms with Gasteiger partial charge in [0, 0.05) is 12.3 Å². The highest BCUT2D eigenvalue weighted by Crippen LogP contribution is 2.12. The van der Waals surface area contributed by atoms with E-state index in [2.05, 4.69) is 5.10 Å². The molecule has 15 heavy (non-hydrogen) atoms. The molecule has 1 heterocycles. The Morgan fingerprint density at radius 1 is 1.20 bits per heavy atom. The standard InChI is InChI=1S/C10H8F2N2O/c11-7-3-8(12)5-10(4-7)14-2-1-9(6-15)13-14/h1-5,15H,6H2. The molecule has 1 aromatic carbocycles. The molecule has 0 fully saturated rings. The van der Waals surface area contributed by atoms with Crippen molar-refractivity contribution in [2.45, 2.75) is 6.61 Å². The van der Waals surface area contributed by atoms with E-state index in [9.17, 15) is 8.78 Å². The lowest BCUT2D eigenvalue weighted by Crippen LogP contribution is -1.97. The minimum absolute atomic E-state index is 0.204. The van der Waals surface area contributed by atoms with Crippen LogP contribution in [0.2, 0.25) is 0 Å². The maximum atomic E-state index is 12.9. The molecule has 1 aromatic heterocycles. The van der Waals surface area contributed by atoms with Gasteiger partial charge in [-0.3, -0.25) is 0 Å². The van der Waals surface area contributed by atoms with Gasteiger partial charge in [0.2, 0.25) is 0 Å². The van der Waals surface area contributed by atoms with Crippen molar-refractivity contribution in [3.63, 3.8) is 0 Å². The largest absolute Gasteiger partial charge is 0.390 e. The lowest BCUT2D eigenvalue weighted by molar-refractivity contribution is 0.276. The van der Waals surface area contributed by atoms with Crippen LogP contribution in [0.15, 0.2) is 30.5 Å². The van der Waals surface area contributed by atoms with E-state index < -0.39 is 11.6 Å². The Kier molecular flexibility index (Phi) is 2.47. The molecule has 1 N–H and O–H groups in total. The van der Waals surface area contributed by atoms with Gasteiger partial charge < -0.3 is 5.11 Å². The van der Waals surface area contributed by atoms with Gasteiger partial charge in [0.1, 0.15) is 11.6 Å². The van der Waals surface area contributed by atoms with Crippen LogP contribution >= 0.6 is 0 Å². The third-order valence-corrected chi connectivity index (χ3v) is 1.92.